The van der Waals surface area contributed by atoms with Crippen LogP contribution in [0.1, 0.15) is 30.5 Å². The van der Waals surface area contributed by atoms with E-state index in [4.69, 9.17) is 28.3 Å². The number of aromatic amines is 1. The minimum absolute atomic E-state index is 0.196. The summed E-state index contributed by atoms with van der Waals surface area (Å²) >= 11 is 12.4. The Balaban J connectivity index is 1.45. The zero-order valence-electron chi connectivity index (χ0n) is 21.0. The summed E-state index contributed by atoms with van der Waals surface area (Å²) in [5, 5.41) is 8.26. The minimum Gasteiger partial charge on any atom is -0.321 e. The van der Waals surface area contributed by atoms with Crippen molar-refractivity contribution in [3.05, 3.63) is 129 Å². The molecule has 1 N–H and O–H groups in total. The second-order valence-corrected chi connectivity index (χ2v) is 10.4. The van der Waals surface area contributed by atoms with Gasteiger partial charge in [-0.05, 0) is 52.6 Å². The summed E-state index contributed by atoms with van der Waals surface area (Å²) in [7, 11) is 0. The Kier molecular flexibility index (Phi) is 6.55. The summed E-state index contributed by atoms with van der Waals surface area (Å²) in [6, 6.07) is 30.5. The van der Waals surface area contributed by atoms with Gasteiger partial charge >= 0.3 is 0 Å². The highest BCUT2D eigenvalue weighted by Gasteiger charge is 2.34. The summed E-state index contributed by atoms with van der Waals surface area (Å²) in [4.78, 5) is 29.3. The van der Waals surface area contributed by atoms with Crippen molar-refractivity contribution in [2.75, 3.05) is 0 Å². The van der Waals surface area contributed by atoms with E-state index in [1.165, 1.54) is 11.9 Å². The third kappa shape index (κ3) is 4.76. The Hall–Kier alpha value is -4.19. The number of carbonyl (C=O) groups excluding carboxylic acids is 1. The molecule has 0 spiro atoms. The molecule has 1 atom stereocenters. The highest BCUT2D eigenvalue weighted by molar-refractivity contribution is 6.31. The number of pyridine rings is 1. The molecule has 0 aliphatic carbocycles. The van der Waals surface area contributed by atoms with Crippen molar-refractivity contribution >= 4 is 45.7 Å². The van der Waals surface area contributed by atoms with E-state index in [1.54, 1.807) is 12.1 Å². The lowest BCUT2D eigenvalue weighted by Gasteiger charge is -2.20. The van der Waals surface area contributed by atoms with Crippen LogP contribution in [0.2, 0.25) is 10.0 Å². The lowest BCUT2D eigenvalue weighted by molar-refractivity contribution is -0.130. The Morgan fingerprint density at radius 3 is 2.13 bits per heavy atom. The first kappa shape index (κ1) is 25.1. The van der Waals surface area contributed by atoms with Crippen molar-refractivity contribution in [3.8, 4) is 22.3 Å². The summed E-state index contributed by atoms with van der Waals surface area (Å²) in [5.41, 5.74) is 6.07. The molecule has 0 radical (unpaired) electrons. The monoisotopic (exact) mass is 551 g/mol. The van der Waals surface area contributed by atoms with Crippen LogP contribution in [-0.4, -0.2) is 21.6 Å². The maximum Gasteiger partial charge on any atom is 0.258 e. The van der Waals surface area contributed by atoms with Gasteiger partial charge in [-0.3, -0.25) is 9.59 Å². The van der Waals surface area contributed by atoms with E-state index in [0.29, 0.717) is 33.3 Å². The van der Waals surface area contributed by atoms with E-state index in [-0.39, 0.29) is 17.5 Å². The SMILES string of the molecule is CC(=O)N1N=C(c2c(-c3ccccc3)c3cc(Cl)ccc3[nH]c2=O)CC1c1ccc(-c2ccc(Cl)cc2)cc1. The van der Waals surface area contributed by atoms with E-state index in [0.717, 1.165) is 33.2 Å². The number of carbonyl (C=O) groups is 1. The van der Waals surface area contributed by atoms with Gasteiger partial charge in [0, 0.05) is 39.9 Å². The zero-order valence-corrected chi connectivity index (χ0v) is 22.5. The fourth-order valence-electron chi connectivity index (χ4n) is 5.20. The van der Waals surface area contributed by atoms with Gasteiger partial charge in [0.05, 0.1) is 17.3 Å². The van der Waals surface area contributed by atoms with Gasteiger partial charge in [-0.1, -0.05) is 89.9 Å². The van der Waals surface area contributed by atoms with Crippen molar-refractivity contribution in [1.82, 2.24) is 9.99 Å². The first-order chi connectivity index (χ1) is 18.9. The van der Waals surface area contributed by atoms with E-state index in [9.17, 15) is 9.59 Å². The summed E-state index contributed by atoms with van der Waals surface area (Å²) < 4.78 is 0. The molecule has 0 bridgehead atoms. The molecule has 2 heterocycles. The Labute approximate surface area is 235 Å². The van der Waals surface area contributed by atoms with Crippen LogP contribution in [0.3, 0.4) is 0 Å². The first-order valence-electron chi connectivity index (χ1n) is 12.5. The number of fused-ring (bicyclic) bond motifs is 1. The molecular formula is C32H23Cl2N3O2. The highest BCUT2D eigenvalue weighted by atomic mass is 35.5. The van der Waals surface area contributed by atoms with Gasteiger partial charge in [0.25, 0.3) is 5.56 Å². The molecule has 4 aromatic carbocycles. The molecule has 1 aliphatic heterocycles. The van der Waals surface area contributed by atoms with Crippen LogP contribution in [0.4, 0.5) is 0 Å². The van der Waals surface area contributed by atoms with Crippen LogP contribution in [0, 0.1) is 0 Å². The smallest absolute Gasteiger partial charge is 0.258 e. The highest BCUT2D eigenvalue weighted by Crippen LogP contribution is 2.38. The maximum atomic E-state index is 13.6. The lowest BCUT2D eigenvalue weighted by atomic mass is 9.90. The van der Waals surface area contributed by atoms with Crippen molar-refractivity contribution in [2.24, 2.45) is 5.10 Å². The topological polar surface area (TPSA) is 65.5 Å². The predicted octanol–water partition coefficient (Wildman–Crippen LogP) is 7.87. The van der Waals surface area contributed by atoms with Crippen LogP contribution >= 0.6 is 23.2 Å². The number of benzene rings is 4. The molecular weight excluding hydrogens is 529 g/mol. The van der Waals surface area contributed by atoms with Gasteiger partial charge in [-0.15, -0.1) is 0 Å². The van der Waals surface area contributed by atoms with Gasteiger partial charge in [-0.2, -0.15) is 5.10 Å². The number of amides is 1. The van der Waals surface area contributed by atoms with Gasteiger partial charge in [0.1, 0.15) is 0 Å². The Morgan fingerprint density at radius 1 is 0.821 bits per heavy atom. The first-order valence-corrected chi connectivity index (χ1v) is 13.3. The average molecular weight is 552 g/mol. The van der Waals surface area contributed by atoms with Crippen LogP contribution in [0.15, 0.2) is 107 Å². The van der Waals surface area contributed by atoms with E-state index >= 15 is 0 Å². The van der Waals surface area contributed by atoms with Gasteiger partial charge in [-0.25, -0.2) is 5.01 Å². The predicted molar refractivity (Wildman–Crippen MR) is 158 cm³/mol. The fraction of sp³-hybridized carbons (Fsp3) is 0.0938. The number of hydrazone groups is 1. The summed E-state index contributed by atoms with van der Waals surface area (Å²) in [6.07, 6.45) is 0.398. The number of halogens is 2. The molecule has 7 heteroatoms. The number of nitrogens with one attached hydrogen (secondary N) is 1. The van der Waals surface area contributed by atoms with E-state index in [1.807, 2.05) is 84.9 Å². The van der Waals surface area contributed by atoms with Crippen molar-refractivity contribution < 1.29 is 4.79 Å². The molecule has 1 aromatic heterocycles. The van der Waals surface area contributed by atoms with Gasteiger partial charge in [0.15, 0.2) is 0 Å². The van der Waals surface area contributed by atoms with Crippen LogP contribution in [-0.2, 0) is 4.79 Å². The van der Waals surface area contributed by atoms with Crippen LogP contribution in [0.5, 0.6) is 0 Å². The van der Waals surface area contributed by atoms with Crippen LogP contribution in [0.25, 0.3) is 33.2 Å². The van der Waals surface area contributed by atoms with Crippen molar-refractivity contribution in [2.45, 2.75) is 19.4 Å². The molecule has 1 aliphatic rings. The van der Waals surface area contributed by atoms with Crippen molar-refractivity contribution in [1.29, 1.82) is 0 Å². The summed E-state index contributed by atoms with van der Waals surface area (Å²) in [6.45, 7) is 1.49. The molecule has 0 fully saturated rings. The number of aromatic nitrogens is 1. The molecule has 0 saturated heterocycles. The number of H-pyrrole nitrogens is 1. The minimum atomic E-state index is -0.338. The number of hydrogen-bond acceptors (Lipinski definition) is 3. The Bertz CT molecular complexity index is 1790. The molecule has 192 valence electrons. The molecule has 6 rings (SSSR count). The third-order valence-electron chi connectivity index (χ3n) is 7.03. The van der Waals surface area contributed by atoms with Gasteiger partial charge < -0.3 is 4.98 Å². The number of nitrogens with zero attached hydrogens (tertiary/aromatic N) is 2. The molecule has 5 nitrogen and oxygen atoms in total. The normalized spacial score (nSPS) is 15.0. The standard InChI is InChI=1S/C32H23Cl2N3O2/c1-19(38)37-29(22-9-7-20(8-10-22)21-11-13-24(33)14-12-21)18-28(36-37)31-30(23-5-3-2-4-6-23)26-17-25(34)15-16-27(26)35-32(31)39/h2-17,29H,18H2,1H3,(H,35,39). The molecule has 39 heavy (non-hydrogen) atoms. The molecule has 0 saturated carbocycles. The largest absolute Gasteiger partial charge is 0.321 e. The van der Waals surface area contributed by atoms with Crippen molar-refractivity contribution in [3.63, 3.8) is 0 Å². The maximum absolute atomic E-state index is 13.6. The van der Waals surface area contributed by atoms with E-state index < -0.39 is 0 Å². The Morgan fingerprint density at radius 2 is 1.46 bits per heavy atom. The molecule has 1 unspecified atom stereocenters. The third-order valence-corrected chi connectivity index (χ3v) is 7.52. The summed E-state index contributed by atoms with van der Waals surface area (Å²) in [5.74, 6) is -0.196. The second-order valence-electron chi connectivity index (χ2n) is 9.52. The van der Waals surface area contributed by atoms with E-state index in [2.05, 4.69) is 4.98 Å². The number of rotatable bonds is 4. The van der Waals surface area contributed by atoms with Crippen LogP contribution < -0.4 is 5.56 Å². The number of hydrogen-bond donors (Lipinski definition) is 1. The molecule has 1 amide bonds. The lowest BCUT2D eigenvalue weighted by Crippen LogP contribution is -2.24. The second kappa shape index (κ2) is 10.2. The average Bonchev–Trinajstić information content (AvgIpc) is 3.39. The quantitative estimate of drug-likeness (QED) is 0.247. The van der Waals surface area contributed by atoms with Gasteiger partial charge in [0.2, 0.25) is 5.91 Å². The molecule has 5 aromatic rings. The zero-order chi connectivity index (χ0) is 27.1. The fourth-order valence-corrected chi connectivity index (χ4v) is 5.49.